The number of aromatic nitrogens is 2. The monoisotopic (exact) mass is 232 g/mol. The summed E-state index contributed by atoms with van der Waals surface area (Å²) in [5.41, 5.74) is 0.407. The highest BCUT2D eigenvalue weighted by molar-refractivity contribution is 5.92. The van der Waals surface area contributed by atoms with Crippen LogP contribution in [-0.2, 0) is 0 Å². The van der Waals surface area contributed by atoms with Crippen LogP contribution in [0.3, 0.4) is 0 Å². The van der Waals surface area contributed by atoms with Crippen LogP contribution in [0.5, 0.6) is 0 Å². The Labute approximate surface area is 100 Å². The maximum atomic E-state index is 11.7. The Kier molecular flexibility index (Phi) is 2.46. The van der Waals surface area contributed by atoms with E-state index >= 15 is 0 Å². The first-order valence-electron chi connectivity index (χ1n) is 6.13. The molecule has 0 bridgehead atoms. The molecule has 2 unspecified atom stereocenters. The van der Waals surface area contributed by atoms with Gasteiger partial charge in [0.1, 0.15) is 11.5 Å². The second kappa shape index (κ2) is 3.98. The van der Waals surface area contributed by atoms with Crippen LogP contribution in [0.15, 0.2) is 12.4 Å². The number of anilines is 1. The van der Waals surface area contributed by atoms with E-state index in [1.807, 2.05) is 6.92 Å². The molecule has 1 N–H and O–H groups in total. The second-order valence-corrected chi connectivity index (χ2v) is 4.78. The Morgan fingerprint density at radius 2 is 2.24 bits per heavy atom. The Hall–Kier alpha value is -1.65. The number of rotatable bonds is 3. The highest BCUT2D eigenvalue weighted by atomic mass is 16.1. The summed E-state index contributed by atoms with van der Waals surface area (Å²) in [6, 6.07) is 0. The molecule has 2 fully saturated rings. The minimum Gasteiger partial charge on any atom is -0.355 e. The summed E-state index contributed by atoms with van der Waals surface area (Å²) in [7, 11) is 0. The van der Waals surface area contributed by atoms with E-state index in [0.717, 1.165) is 30.7 Å². The molecule has 17 heavy (non-hydrogen) atoms. The normalized spacial score (nSPS) is 25.6. The van der Waals surface area contributed by atoms with Crippen LogP contribution >= 0.6 is 0 Å². The van der Waals surface area contributed by atoms with Gasteiger partial charge in [0, 0.05) is 19.6 Å². The molecule has 1 aliphatic heterocycles. The molecule has 5 heteroatoms. The molecule has 2 atom stereocenters. The predicted molar refractivity (Wildman–Crippen MR) is 63.8 cm³/mol. The topological polar surface area (TPSA) is 58.1 Å². The summed E-state index contributed by atoms with van der Waals surface area (Å²) in [5, 5.41) is 2.74. The highest BCUT2D eigenvalue weighted by Crippen LogP contribution is 2.45. The zero-order chi connectivity index (χ0) is 11.8. The van der Waals surface area contributed by atoms with Crippen molar-refractivity contribution in [1.29, 1.82) is 0 Å². The highest BCUT2D eigenvalue weighted by Gasteiger charge is 2.45. The van der Waals surface area contributed by atoms with Gasteiger partial charge in [-0.15, -0.1) is 0 Å². The lowest BCUT2D eigenvalue weighted by Gasteiger charge is -2.18. The van der Waals surface area contributed by atoms with Gasteiger partial charge in [0.05, 0.1) is 12.4 Å². The number of nitrogens with one attached hydrogen (secondary N) is 1. The maximum Gasteiger partial charge on any atom is 0.271 e. The number of nitrogens with zero attached hydrogens (tertiary/aromatic N) is 3. The molecule has 0 spiro atoms. The van der Waals surface area contributed by atoms with Crippen LogP contribution in [-0.4, -0.2) is 35.5 Å². The number of amides is 1. The molecule has 5 nitrogen and oxygen atoms in total. The molecule has 0 aromatic carbocycles. The molecule has 90 valence electrons. The van der Waals surface area contributed by atoms with Crippen molar-refractivity contribution in [1.82, 2.24) is 15.3 Å². The summed E-state index contributed by atoms with van der Waals surface area (Å²) < 4.78 is 0. The Bertz CT molecular complexity index is 438. The summed E-state index contributed by atoms with van der Waals surface area (Å²) in [5.74, 6) is 2.39. The summed E-state index contributed by atoms with van der Waals surface area (Å²) in [6.07, 6.45) is 4.62. The average molecular weight is 232 g/mol. The third-order valence-electron chi connectivity index (χ3n) is 3.49. The third kappa shape index (κ3) is 1.97. The van der Waals surface area contributed by atoms with E-state index in [0.29, 0.717) is 12.2 Å². The molecule has 3 rings (SSSR count). The number of piperidine rings is 1. The van der Waals surface area contributed by atoms with E-state index in [9.17, 15) is 4.79 Å². The molecule has 1 aromatic heterocycles. The van der Waals surface area contributed by atoms with Gasteiger partial charge in [-0.3, -0.25) is 9.78 Å². The molecule has 2 heterocycles. The lowest BCUT2D eigenvalue weighted by Crippen LogP contribution is -2.27. The maximum absolute atomic E-state index is 11.7. The van der Waals surface area contributed by atoms with Gasteiger partial charge in [-0.2, -0.15) is 0 Å². The van der Waals surface area contributed by atoms with Crippen molar-refractivity contribution >= 4 is 11.7 Å². The molecular weight excluding hydrogens is 216 g/mol. The van der Waals surface area contributed by atoms with Gasteiger partial charge in [0.15, 0.2) is 0 Å². The Morgan fingerprint density at radius 1 is 1.47 bits per heavy atom. The summed E-state index contributed by atoms with van der Waals surface area (Å²) in [4.78, 5) is 22.4. The molecule has 1 amide bonds. The fraction of sp³-hybridized carbons (Fsp3) is 0.583. The summed E-state index contributed by atoms with van der Waals surface area (Å²) >= 11 is 0. The minimum absolute atomic E-state index is 0.147. The van der Waals surface area contributed by atoms with Crippen LogP contribution in [0.4, 0.5) is 5.82 Å². The second-order valence-electron chi connectivity index (χ2n) is 4.78. The molecule has 1 saturated carbocycles. The molecule has 0 radical (unpaired) electrons. The van der Waals surface area contributed by atoms with Crippen LogP contribution in [0, 0.1) is 11.8 Å². The van der Waals surface area contributed by atoms with Crippen LogP contribution < -0.4 is 10.2 Å². The van der Waals surface area contributed by atoms with Gasteiger partial charge < -0.3 is 10.2 Å². The minimum atomic E-state index is -0.147. The average Bonchev–Trinajstić information content (AvgIpc) is 2.97. The van der Waals surface area contributed by atoms with Crippen molar-refractivity contribution in [3.63, 3.8) is 0 Å². The largest absolute Gasteiger partial charge is 0.355 e. The zero-order valence-electron chi connectivity index (χ0n) is 9.89. The van der Waals surface area contributed by atoms with Gasteiger partial charge in [-0.25, -0.2) is 4.98 Å². The van der Waals surface area contributed by atoms with Crippen molar-refractivity contribution < 1.29 is 4.79 Å². The number of carbonyl (C=O) groups is 1. The van der Waals surface area contributed by atoms with Crippen LogP contribution in [0.2, 0.25) is 0 Å². The number of carbonyl (C=O) groups excluding carboxylic acids is 1. The standard InChI is InChI=1S/C12H16N4O/c1-2-14-12(17)10-4-13-5-11(15-10)16-6-8-3-9(8)7-16/h4-5,8-9H,2-3,6-7H2,1H3,(H,14,17). The molecule has 1 aromatic rings. The van der Waals surface area contributed by atoms with Crippen molar-refractivity contribution in [2.75, 3.05) is 24.5 Å². The van der Waals surface area contributed by atoms with E-state index in [-0.39, 0.29) is 5.91 Å². The lowest BCUT2D eigenvalue weighted by molar-refractivity contribution is 0.0950. The van der Waals surface area contributed by atoms with Gasteiger partial charge in [0.2, 0.25) is 0 Å². The van der Waals surface area contributed by atoms with Crippen LogP contribution in [0.25, 0.3) is 0 Å². The van der Waals surface area contributed by atoms with Crippen molar-refractivity contribution in [2.24, 2.45) is 11.8 Å². The lowest BCUT2D eigenvalue weighted by atomic mass is 10.4. The Balaban J connectivity index is 1.76. The third-order valence-corrected chi connectivity index (χ3v) is 3.49. The number of hydrogen-bond donors (Lipinski definition) is 1. The molecule has 1 aliphatic carbocycles. The molecule has 1 saturated heterocycles. The fourth-order valence-electron chi connectivity index (χ4n) is 2.45. The SMILES string of the molecule is CCNC(=O)c1cncc(N2CC3CC3C2)n1. The van der Waals surface area contributed by atoms with Crippen molar-refractivity contribution in [3.8, 4) is 0 Å². The van der Waals surface area contributed by atoms with Gasteiger partial charge in [-0.1, -0.05) is 0 Å². The van der Waals surface area contributed by atoms with Gasteiger partial charge in [-0.05, 0) is 25.2 Å². The van der Waals surface area contributed by atoms with E-state index in [1.54, 1.807) is 6.20 Å². The number of hydrogen-bond acceptors (Lipinski definition) is 4. The quantitative estimate of drug-likeness (QED) is 0.832. The van der Waals surface area contributed by atoms with E-state index in [2.05, 4.69) is 20.2 Å². The van der Waals surface area contributed by atoms with Gasteiger partial charge in [0.25, 0.3) is 5.91 Å². The fourth-order valence-corrected chi connectivity index (χ4v) is 2.45. The first-order chi connectivity index (χ1) is 8.28. The Morgan fingerprint density at radius 3 is 2.94 bits per heavy atom. The first kappa shape index (κ1) is 10.5. The van der Waals surface area contributed by atoms with E-state index < -0.39 is 0 Å². The van der Waals surface area contributed by atoms with Crippen LogP contribution in [0.1, 0.15) is 23.8 Å². The van der Waals surface area contributed by atoms with E-state index in [1.165, 1.54) is 12.6 Å². The molecule has 2 aliphatic rings. The number of fused-ring (bicyclic) bond motifs is 1. The van der Waals surface area contributed by atoms with Crippen molar-refractivity contribution in [3.05, 3.63) is 18.1 Å². The van der Waals surface area contributed by atoms with E-state index in [4.69, 9.17) is 0 Å². The zero-order valence-corrected chi connectivity index (χ0v) is 9.89. The van der Waals surface area contributed by atoms with Gasteiger partial charge >= 0.3 is 0 Å². The molecular formula is C12H16N4O. The smallest absolute Gasteiger partial charge is 0.271 e. The predicted octanol–water partition coefficient (Wildman–Crippen LogP) is 0.682. The first-order valence-corrected chi connectivity index (χ1v) is 6.13. The van der Waals surface area contributed by atoms with Crippen molar-refractivity contribution in [2.45, 2.75) is 13.3 Å². The summed E-state index contributed by atoms with van der Waals surface area (Å²) in [6.45, 7) is 4.64.